The number of hydrogen-bond donors (Lipinski definition) is 1. The van der Waals surface area contributed by atoms with E-state index < -0.39 is 0 Å². The fourth-order valence-corrected chi connectivity index (χ4v) is 2.28. The van der Waals surface area contributed by atoms with Gasteiger partial charge in [0.25, 0.3) is 0 Å². The zero-order valence-electron chi connectivity index (χ0n) is 13.2. The molecule has 0 bridgehead atoms. The molecule has 19 heavy (non-hydrogen) atoms. The molecule has 0 aliphatic heterocycles. The van der Waals surface area contributed by atoms with Crippen molar-refractivity contribution in [1.29, 1.82) is 0 Å². The molecule has 0 saturated carbocycles. The summed E-state index contributed by atoms with van der Waals surface area (Å²) >= 11 is 0. The summed E-state index contributed by atoms with van der Waals surface area (Å²) in [5.74, 6) is 2.83. The molecule has 4 heteroatoms. The van der Waals surface area contributed by atoms with Crippen LogP contribution in [0.15, 0.2) is 0 Å². The minimum atomic E-state index is 0.453. The van der Waals surface area contributed by atoms with Crippen molar-refractivity contribution in [2.45, 2.75) is 59.9 Å². The summed E-state index contributed by atoms with van der Waals surface area (Å²) in [6.45, 7) is 11.8. The molecule has 0 spiro atoms. The van der Waals surface area contributed by atoms with Gasteiger partial charge < -0.3 is 10.2 Å². The second-order valence-electron chi connectivity index (χ2n) is 5.31. The minimum absolute atomic E-state index is 0.453. The van der Waals surface area contributed by atoms with Gasteiger partial charge in [-0.3, -0.25) is 0 Å². The lowest BCUT2D eigenvalue weighted by Gasteiger charge is -2.30. The van der Waals surface area contributed by atoms with E-state index in [9.17, 15) is 0 Å². The highest BCUT2D eigenvalue weighted by atomic mass is 15.2. The highest BCUT2D eigenvalue weighted by molar-refractivity contribution is 5.58. The van der Waals surface area contributed by atoms with Crippen LogP contribution < -0.4 is 10.2 Å². The maximum atomic E-state index is 4.66. The van der Waals surface area contributed by atoms with Crippen LogP contribution in [0, 0.1) is 13.8 Å². The van der Waals surface area contributed by atoms with Crippen molar-refractivity contribution in [2.24, 2.45) is 0 Å². The van der Waals surface area contributed by atoms with Gasteiger partial charge in [0.2, 0.25) is 0 Å². The molecule has 1 N–H and O–H groups in total. The van der Waals surface area contributed by atoms with Crippen molar-refractivity contribution in [1.82, 2.24) is 9.97 Å². The Morgan fingerprint density at radius 2 is 1.84 bits per heavy atom. The summed E-state index contributed by atoms with van der Waals surface area (Å²) in [7, 11) is 1.91. The number of rotatable bonds is 7. The molecular formula is C15H28N4. The van der Waals surface area contributed by atoms with Gasteiger partial charge in [-0.2, -0.15) is 0 Å². The summed E-state index contributed by atoms with van der Waals surface area (Å²) < 4.78 is 0. The first-order chi connectivity index (χ1) is 9.01. The number of aromatic nitrogens is 2. The third-order valence-corrected chi connectivity index (χ3v) is 3.37. The van der Waals surface area contributed by atoms with E-state index >= 15 is 0 Å². The lowest BCUT2D eigenvalue weighted by atomic mass is 10.2. The second kappa shape index (κ2) is 7.31. The standard InChI is InChI=1S/C15H28N4/c1-7-8-9-10-19(11(2)3)15-12(4)14(16-6)17-13(5)18-15/h11H,7-10H2,1-6H3,(H,16,17,18). The predicted molar refractivity (Wildman–Crippen MR) is 83.1 cm³/mol. The Hall–Kier alpha value is -1.32. The second-order valence-corrected chi connectivity index (χ2v) is 5.31. The summed E-state index contributed by atoms with van der Waals surface area (Å²) in [6.07, 6.45) is 3.73. The molecule has 0 atom stereocenters. The largest absolute Gasteiger partial charge is 0.373 e. The first kappa shape index (κ1) is 15.7. The van der Waals surface area contributed by atoms with E-state index in [1.165, 1.54) is 19.3 Å². The van der Waals surface area contributed by atoms with E-state index in [-0.39, 0.29) is 0 Å². The molecular weight excluding hydrogens is 236 g/mol. The van der Waals surface area contributed by atoms with Crippen LogP contribution in [0.25, 0.3) is 0 Å². The van der Waals surface area contributed by atoms with Crippen LogP contribution in [-0.4, -0.2) is 29.6 Å². The molecule has 1 rings (SSSR count). The van der Waals surface area contributed by atoms with Gasteiger partial charge in [-0.15, -0.1) is 0 Å². The van der Waals surface area contributed by atoms with Crippen LogP contribution in [0.2, 0.25) is 0 Å². The molecule has 0 aliphatic rings. The molecule has 1 aromatic rings. The van der Waals surface area contributed by atoms with Gasteiger partial charge in [-0.05, 0) is 34.1 Å². The topological polar surface area (TPSA) is 41.1 Å². The van der Waals surface area contributed by atoms with Crippen molar-refractivity contribution in [3.63, 3.8) is 0 Å². The summed E-state index contributed by atoms with van der Waals surface area (Å²) in [5.41, 5.74) is 1.14. The highest BCUT2D eigenvalue weighted by Crippen LogP contribution is 2.25. The fraction of sp³-hybridized carbons (Fsp3) is 0.733. The Morgan fingerprint density at radius 1 is 1.16 bits per heavy atom. The Bertz CT molecular complexity index is 401. The van der Waals surface area contributed by atoms with Gasteiger partial charge in [0, 0.05) is 25.2 Å². The number of hydrogen-bond acceptors (Lipinski definition) is 4. The van der Waals surface area contributed by atoms with Gasteiger partial charge in [-0.1, -0.05) is 19.8 Å². The summed E-state index contributed by atoms with van der Waals surface area (Å²) in [4.78, 5) is 11.5. The SMILES string of the molecule is CCCCCN(c1nc(C)nc(NC)c1C)C(C)C. The highest BCUT2D eigenvalue weighted by Gasteiger charge is 2.17. The van der Waals surface area contributed by atoms with Crippen LogP contribution in [0.1, 0.15) is 51.4 Å². The van der Waals surface area contributed by atoms with Crippen LogP contribution in [0.3, 0.4) is 0 Å². The van der Waals surface area contributed by atoms with E-state index in [1.807, 2.05) is 14.0 Å². The molecule has 4 nitrogen and oxygen atoms in total. The van der Waals surface area contributed by atoms with Gasteiger partial charge in [-0.25, -0.2) is 9.97 Å². The fourth-order valence-electron chi connectivity index (χ4n) is 2.28. The van der Waals surface area contributed by atoms with Crippen molar-refractivity contribution < 1.29 is 0 Å². The predicted octanol–water partition coefficient (Wildman–Crippen LogP) is 3.54. The van der Waals surface area contributed by atoms with Gasteiger partial charge in [0.05, 0.1) is 0 Å². The average Bonchev–Trinajstić information content (AvgIpc) is 2.37. The lowest BCUT2D eigenvalue weighted by Crippen LogP contribution is -2.33. The molecule has 0 amide bonds. The summed E-state index contributed by atoms with van der Waals surface area (Å²) in [5, 5.41) is 3.16. The molecule has 0 radical (unpaired) electrons. The van der Waals surface area contributed by atoms with Crippen LogP contribution >= 0.6 is 0 Å². The van der Waals surface area contributed by atoms with Crippen LogP contribution in [-0.2, 0) is 0 Å². The quantitative estimate of drug-likeness (QED) is 0.765. The zero-order chi connectivity index (χ0) is 14.4. The number of unbranched alkanes of at least 4 members (excludes halogenated alkanes) is 2. The van der Waals surface area contributed by atoms with E-state index in [2.05, 4.69) is 47.9 Å². The molecule has 108 valence electrons. The number of aryl methyl sites for hydroxylation is 1. The first-order valence-electron chi connectivity index (χ1n) is 7.30. The molecule has 1 heterocycles. The molecule has 0 saturated heterocycles. The molecule has 0 aromatic carbocycles. The maximum absolute atomic E-state index is 4.66. The Balaban J connectivity index is 3.04. The van der Waals surface area contributed by atoms with Gasteiger partial charge >= 0.3 is 0 Å². The minimum Gasteiger partial charge on any atom is -0.373 e. The number of nitrogens with zero attached hydrogens (tertiary/aromatic N) is 3. The Morgan fingerprint density at radius 3 is 2.37 bits per heavy atom. The molecule has 0 unspecified atom stereocenters. The third-order valence-electron chi connectivity index (χ3n) is 3.37. The van der Waals surface area contributed by atoms with E-state index in [4.69, 9.17) is 0 Å². The molecule has 0 aliphatic carbocycles. The third kappa shape index (κ3) is 4.08. The summed E-state index contributed by atoms with van der Waals surface area (Å²) in [6, 6.07) is 0.453. The Kier molecular flexibility index (Phi) is 6.06. The van der Waals surface area contributed by atoms with E-state index in [1.54, 1.807) is 0 Å². The Labute approximate surface area is 117 Å². The first-order valence-corrected chi connectivity index (χ1v) is 7.30. The number of nitrogens with one attached hydrogen (secondary N) is 1. The number of anilines is 2. The van der Waals surface area contributed by atoms with Crippen molar-refractivity contribution in [3.05, 3.63) is 11.4 Å². The molecule has 0 fully saturated rings. The maximum Gasteiger partial charge on any atom is 0.137 e. The monoisotopic (exact) mass is 264 g/mol. The van der Waals surface area contributed by atoms with Crippen molar-refractivity contribution in [2.75, 3.05) is 23.8 Å². The van der Waals surface area contributed by atoms with Crippen LogP contribution in [0.4, 0.5) is 11.6 Å². The lowest BCUT2D eigenvalue weighted by molar-refractivity contribution is 0.617. The van der Waals surface area contributed by atoms with Gasteiger partial charge in [0.15, 0.2) is 0 Å². The normalized spacial score (nSPS) is 10.9. The van der Waals surface area contributed by atoms with E-state index in [0.717, 1.165) is 29.6 Å². The average molecular weight is 264 g/mol. The van der Waals surface area contributed by atoms with Crippen molar-refractivity contribution >= 4 is 11.6 Å². The van der Waals surface area contributed by atoms with E-state index in [0.29, 0.717) is 6.04 Å². The molecule has 1 aromatic heterocycles. The smallest absolute Gasteiger partial charge is 0.137 e. The van der Waals surface area contributed by atoms with Gasteiger partial charge in [0.1, 0.15) is 17.5 Å². The van der Waals surface area contributed by atoms with Crippen LogP contribution in [0.5, 0.6) is 0 Å². The van der Waals surface area contributed by atoms with Crippen molar-refractivity contribution in [3.8, 4) is 0 Å². The zero-order valence-corrected chi connectivity index (χ0v) is 13.2.